The van der Waals surface area contributed by atoms with Crippen molar-refractivity contribution in [1.29, 1.82) is 0 Å². The second kappa shape index (κ2) is 9.52. The van der Waals surface area contributed by atoms with Crippen LogP contribution >= 0.6 is 0 Å². The van der Waals surface area contributed by atoms with Crippen LogP contribution in [0, 0.1) is 24.5 Å². The van der Waals surface area contributed by atoms with Gasteiger partial charge in [-0.15, -0.1) is 0 Å². The summed E-state index contributed by atoms with van der Waals surface area (Å²) in [5.41, 5.74) is 3.41. The van der Waals surface area contributed by atoms with E-state index in [0.29, 0.717) is 38.8 Å². The normalized spacial score (nSPS) is 13.4. The first-order chi connectivity index (χ1) is 21.0. The van der Waals surface area contributed by atoms with Crippen LogP contribution in [0.5, 0.6) is 0 Å². The molecule has 202 valence electrons. The van der Waals surface area contributed by atoms with Crippen LogP contribution in [0.1, 0.15) is 29.1 Å². The fraction of sp³-hybridized carbons (Fsp3) is 0.162. The van der Waals surface area contributed by atoms with Crippen LogP contribution in [-0.2, 0) is 13.4 Å². The first kappa shape index (κ1) is 22.2. The van der Waals surface area contributed by atoms with E-state index in [4.69, 9.17) is 7.16 Å². The molecule has 0 saturated heterocycles. The van der Waals surface area contributed by atoms with Crippen molar-refractivity contribution in [1.82, 2.24) is 0 Å². The van der Waals surface area contributed by atoms with Gasteiger partial charge in [0.1, 0.15) is 29.8 Å². The highest BCUT2D eigenvalue weighted by Gasteiger charge is 2.25. The van der Waals surface area contributed by atoms with Crippen LogP contribution in [0.15, 0.2) is 95.5 Å². The van der Waals surface area contributed by atoms with Gasteiger partial charge in [-0.3, -0.25) is 0 Å². The van der Waals surface area contributed by atoms with Gasteiger partial charge in [0.05, 0.1) is 18.1 Å². The van der Waals surface area contributed by atoms with Crippen molar-refractivity contribution in [2.75, 3.05) is 0 Å². The Kier molecular flexibility index (Phi) is 5.14. The fourth-order valence-corrected chi connectivity index (χ4v) is 5.98. The Morgan fingerprint density at radius 1 is 0.805 bits per heavy atom. The molecule has 7 aromatic rings. The maximum atomic E-state index is 16.1. The van der Waals surface area contributed by atoms with E-state index < -0.39 is 23.9 Å². The number of halogens is 2. The molecule has 0 radical (unpaired) electrons. The average molecular weight is 546 g/mol. The molecule has 41 heavy (non-hydrogen) atoms. The van der Waals surface area contributed by atoms with Crippen molar-refractivity contribution >= 4 is 43.5 Å². The molecule has 4 heteroatoms. The largest absolute Gasteiger partial charge is 0.454 e. The molecule has 0 aliphatic carbocycles. The van der Waals surface area contributed by atoms with Crippen molar-refractivity contribution in [3.63, 3.8) is 0 Å². The van der Waals surface area contributed by atoms with Gasteiger partial charge in [-0.1, -0.05) is 74.5 Å². The van der Waals surface area contributed by atoms with Crippen LogP contribution in [-0.4, -0.2) is 0 Å². The standard InChI is InChI=1S/C37H30F2NO/c1-21(2)17-24-20-40(4)33(19-32(24)39)34-22(3)13-14-28-29-15-16-31(38)35(37(29)41-36(28)34)30-18-23-9-5-6-10-25(23)26-11-7-8-12-27(26)30/h5-16,18-21H,17H2,1-4H3/q+1/i17D2,18D. The Balaban J connectivity index is 1.56. The smallest absolute Gasteiger partial charge is 0.219 e. The molecule has 0 aliphatic heterocycles. The second-order valence-corrected chi connectivity index (χ2v) is 11.0. The van der Waals surface area contributed by atoms with Gasteiger partial charge in [0, 0.05) is 19.6 Å². The number of furan rings is 1. The lowest BCUT2D eigenvalue weighted by Crippen LogP contribution is -2.32. The molecular formula is C37H30F2NO+. The minimum absolute atomic E-state index is 0.0105. The van der Waals surface area contributed by atoms with Gasteiger partial charge in [-0.25, -0.2) is 13.3 Å². The molecule has 0 aliphatic rings. The van der Waals surface area contributed by atoms with Gasteiger partial charge in [0.2, 0.25) is 5.69 Å². The molecule has 2 nitrogen and oxygen atoms in total. The Hall–Kier alpha value is -4.57. The summed E-state index contributed by atoms with van der Waals surface area (Å²) in [4.78, 5) is 0. The predicted octanol–water partition coefficient (Wildman–Crippen LogP) is 9.84. The summed E-state index contributed by atoms with van der Waals surface area (Å²) in [7, 11) is 1.76. The van der Waals surface area contributed by atoms with E-state index >= 15 is 8.78 Å². The quantitative estimate of drug-likeness (QED) is 0.159. The fourth-order valence-electron chi connectivity index (χ4n) is 5.98. The molecule has 0 amide bonds. The zero-order valence-electron chi connectivity index (χ0n) is 26.3. The summed E-state index contributed by atoms with van der Waals surface area (Å²) in [6.07, 6.45) is -0.353. The highest BCUT2D eigenvalue weighted by molar-refractivity contribution is 6.18. The van der Waals surface area contributed by atoms with Crippen LogP contribution in [0.25, 0.3) is 65.9 Å². The lowest BCUT2D eigenvalue weighted by molar-refractivity contribution is -0.661. The molecule has 0 N–H and O–H groups in total. The molecule has 0 saturated carbocycles. The number of nitrogens with zero attached hydrogens (tertiary/aromatic N) is 1. The van der Waals surface area contributed by atoms with E-state index in [1.807, 2.05) is 67.6 Å². The maximum absolute atomic E-state index is 16.1. The van der Waals surface area contributed by atoms with E-state index in [9.17, 15) is 1.37 Å². The van der Waals surface area contributed by atoms with Gasteiger partial charge in [0.25, 0.3) is 0 Å². The number of aryl methyl sites for hydroxylation is 2. The predicted molar refractivity (Wildman–Crippen MR) is 164 cm³/mol. The lowest BCUT2D eigenvalue weighted by Gasteiger charge is -2.12. The SMILES string of the molecule is [2H]c1c(-c2c(F)ccc3c2oc2c(-c4cc(F)c(C([2H])([2H])C(C)C)c[n+]4C)c(C)ccc23)c2ccccc2c2ccccc12. The number of hydrogen-bond donors (Lipinski definition) is 0. The summed E-state index contributed by atoms with van der Waals surface area (Å²) >= 11 is 0. The van der Waals surface area contributed by atoms with E-state index in [1.165, 1.54) is 18.3 Å². The third-order valence-corrected chi connectivity index (χ3v) is 7.81. The number of benzene rings is 5. The molecule has 2 heterocycles. The third kappa shape index (κ3) is 4.01. The zero-order chi connectivity index (χ0) is 31.1. The summed E-state index contributed by atoms with van der Waals surface area (Å²) in [6, 6.07) is 23.9. The van der Waals surface area contributed by atoms with Crippen molar-refractivity contribution in [3.05, 3.63) is 114 Å². The van der Waals surface area contributed by atoms with E-state index in [2.05, 4.69) is 0 Å². The second-order valence-electron chi connectivity index (χ2n) is 11.0. The van der Waals surface area contributed by atoms with Gasteiger partial charge < -0.3 is 4.42 Å². The van der Waals surface area contributed by atoms with Crippen molar-refractivity contribution < 1.29 is 21.9 Å². The minimum atomic E-state index is -1.86. The van der Waals surface area contributed by atoms with Gasteiger partial charge >= 0.3 is 0 Å². The molecule has 0 fully saturated rings. The van der Waals surface area contributed by atoms with Crippen molar-refractivity contribution in [2.45, 2.75) is 27.1 Å². The van der Waals surface area contributed by atoms with E-state index in [1.54, 1.807) is 31.5 Å². The van der Waals surface area contributed by atoms with Crippen LogP contribution < -0.4 is 4.57 Å². The molecule has 7 rings (SSSR count). The van der Waals surface area contributed by atoms with Crippen LogP contribution in [0.3, 0.4) is 0 Å². The molecule has 0 unspecified atom stereocenters. The highest BCUT2D eigenvalue weighted by Crippen LogP contribution is 2.44. The highest BCUT2D eigenvalue weighted by atomic mass is 19.1. The summed E-state index contributed by atoms with van der Waals surface area (Å²) in [6.45, 7) is 5.36. The first-order valence-corrected chi connectivity index (χ1v) is 13.8. The maximum Gasteiger partial charge on any atom is 0.219 e. The Bertz CT molecular complexity index is 2310. The van der Waals surface area contributed by atoms with Crippen LogP contribution in [0.2, 0.25) is 0 Å². The van der Waals surface area contributed by atoms with Gasteiger partial charge in [-0.05, 0) is 70.1 Å². The zero-order valence-corrected chi connectivity index (χ0v) is 23.3. The number of hydrogen-bond acceptors (Lipinski definition) is 1. The summed E-state index contributed by atoms with van der Waals surface area (Å²) < 4.78 is 66.2. The van der Waals surface area contributed by atoms with Crippen molar-refractivity contribution in [2.24, 2.45) is 13.0 Å². The molecule has 2 aromatic heterocycles. The lowest BCUT2D eigenvalue weighted by atomic mass is 9.92. The summed E-state index contributed by atoms with van der Waals surface area (Å²) in [5.74, 6) is -1.57. The molecule has 0 atom stereocenters. The monoisotopic (exact) mass is 545 g/mol. The minimum Gasteiger partial charge on any atom is -0.454 e. The molecular weight excluding hydrogens is 512 g/mol. The van der Waals surface area contributed by atoms with E-state index in [-0.39, 0.29) is 17.2 Å². The van der Waals surface area contributed by atoms with Crippen molar-refractivity contribution in [3.8, 4) is 22.4 Å². The molecule has 5 aromatic carbocycles. The number of fused-ring (bicyclic) bond motifs is 6. The number of rotatable bonds is 4. The first-order valence-electron chi connectivity index (χ1n) is 15.3. The Morgan fingerprint density at radius 3 is 2.22 bits per heavy atom. The topological polar surface area (TPSA) is 17.0 Å². The molecule has 0 bridgehead atoms. The Labute approximate surface area is 241 Å². The van der Waals surface area contributed by atoms with Crippen LogP contribution in [0.4, 0.5) is 8.78 Å². The number of pyridine rings is 1. The number of aromatic nitrogens is 1. The van der Waals surface area contributed by atoms with Gasteiger partial charge in [0.15, 0.2) is 6.20 Å². The molecule has 0 spiro atoms. The Morgan fingerprint density at radius 2 is 1.46 bits per heavy atom. The third-order valence-electron chi connectivity index (χ3n) is 7.81. The van der Waals surface area contributed by atoms with E-state index in [0.717, 1.165) is 27.1 Å². The van der Waals surface area contributed by atoms with Gasteiger partial charge in [-0.2, -0.15) is 0 Å². The average Bonchev–Trinajstić information content (AvgIpc) is 3.37. The summed E-state index contributed by atoms with van der Waals surface area (Å²) in [5, 5.41) is 4.73.